The largest absolute Gasteiger partial charge is 0.477 e. The van der Waals surface area contributed by atoms with Crippen molar-refractivity contribution in [2.45, 2.75) is 65.6 Å². The fourth-order valence-electron chi connectivity index (χ4n) is 5.70. The van der Waals surface area contributed by atoms with Crippen molar-refractivity contribution >= 4 is 35.1 Å². The molecular weight excluding hydrogens is 674 g/mol. The Morgan fingerprint density at radius 1 is 0.962 bits per heavy atom. The number of aryl methyl sites for hydroxylation is 1. The van der Waals surface area contributed by atoms with E-state index in [0.29, 0.717) is 18.4 Å². The predicted octanol–water partition coefficient (Wildman–Crippen LogP) is 5.89. The van der Waals surface area contributed by atoms with E-state index in [0.717, 1.165) is 45.2 Å². The molecular formula is C38H38F2N6O6. The van der Waals surface area contributed by atoms with Gasteiger partial charge in [-0.05, 0) is 100 Å². The number of ether oxygens (including phenoxy) is 1. The molecule has 14 heteroatoms. The number of esters is 1. The Hall–Kier alpha value is -6.18. The van der Waals surface area contributed by atoms with Gasteiger partial charge >= 0.3 is 11.9 Å². The monoisotopic (exact) mass is 712 g/mol. The summed E-state index contributed by atoms with van der Waals surface area (Å²) in [6.07, 6.45) is 2.16. The number of hydrogen-bond donors (Lipinski definition) is 4. The third-order valence-corrected chi connectivity index (χ3v) is 8.30. The van der Waals surface area contributed by atoms with Crippen LogP contribution in [0.3, 0.4) is 0 Å². The lowest BCUT2D eigenvalue weighted by Gasteiger charge is -2.21. The highest BCUT2D eigenvalue weighted by atomic mass is 19.2. The smallest absolute Gasteiger partial charge is 0.341 e. The minimum Gasteiger partial charge on any atom is -0.477 e. The highest BCUT2D eigenvalue weighted by Crippen LogP contribution is 2.35. The summed E-state index contributed by atoms with van der Waals surface area (Å²) in [5.41, 5.74) is 9.09. The topological polar surface area (TPSA) is 178 Å². The minimum atomic E-state index is -1.36. The van der Waals surface area contributed by atoms with E-state index in [9.17, 15) is 33.1 Å². The fraction of sp³-hybridized carbons (Fsp3) is 0.263. The third kappa shape index (κ3) is 8.40. The van der Waals surface area contributed by atoms with Gasteiger partial charge in [-0.2, -0.15) is 5.10 Å². The molecule has 0 fully saturated rings. The summed E-state index contributed by atoms with van der Waals surface area (Å²) >= 11 is 0. The number of nitrogens with two attached hydrogens (primary N) is 1. The molecule has 0 bridgehead atoms. The van der Waals surface area contributed by atoms with Crippen molar-refractivity contribution in [3.63, 3.8) is 0 Å². The molecule has 0 unspecified atom stereocenters. The van der Waals surface area contributed by atoms with E-state index in [1.165, 1.54) is 17.7 Å². The Morgan fingerprint density at radius 2 is 1.67 bits per heavy atom. The van der Waals surface area contributed by atoms with Crippen molar-refractivity contribution in [2.24, 2.45) is 0 Å². The van der Waals surface area contributed by atoms with Crippen LogP contribution >= 0.6 is 0 Å². The Kier molecular flexibility index (Phi) is 10.7. The van der Waals surface area contributed by atoms with Gasteiger partial charge in [0.05, 0.1) is 17.8 Å². The lowest BCUT2D eigenvalue weighted by Crippen LogP contribution is -2.31. The first-order valence-corrected chi connectivity index (χ1v) is 16.3. The van der Waals surface area contributed by atoms with E-state index in [-0.39, 0.29) is 34.7 Å². The number of fused-ring (bicyclic) bond motifs is 2. The average molecular weight is 713 g/mol. The number of carboxylic acids is 1. The number of carbonyl (C=O) groups excluding carboxylic acids is 3. The summed E-state index contributed by atoms with van der Waals surface area (Å²) in [5.74, 6) is -5.33. The summed E-state index contributed by atoms with van der Waals surface area (Å²) in [5, 5.41) is 19.1. The number of nitrogens with one attached hydrogen (secondary N) is 2. The number of aromatic nitrogens is 3. The van der Waals surface area contributed by atoms with Crippen molar-refractivity contribution in [1.82, 2.24) is 25.2 Å². The standard InChI is InChI=1S/C31H29F2N5O6.C7H9N/c1-15-17-8-10-23(19(17)7-6-18(15)30(43)44-31(2,3)4)37-28(40)25-12-24(36-26-20(29(41)42)14-35-38(25)26)27(39)34-13-16-5-9-21(32)22(33)11-16;1-6-2-4-7(8)5-3-6/h5-7,9,11-12,14,23H,8,10,13H2,1-4H3,(H,34,39)(H,37,40)(H,41,42);2-5H,8H2,1H3/t23-;/m0./s1. The first kappa shape index (κ1) is 37.1. The molecule has 52 heavy (non-hydrogen) atoms. The van der Waals surface area contributed by atoms with Crippen LogP contribution in [0.1, 0.15) is 103 Å². The molecule has 1 atom stereocenters. The molecule has 2 heterocycles. The van der Waals surface area contributed by atoms with Crippen LogP contribution in [0.4, 0.5) is 14.5 Å². The van der Waals surface area contributed by atoms with Gasteiger partial charge in [-0.3, -0.25) is 9.59 Å². The number of nitrogens with zero attached hydrogens (tertiary/aromatic N) is 3. The Balaban J connectivity index is 0.000000577. The van der Waals surface area contributed by atoms with Gasteiger partial charge < -0.3 is 26.2 Å². The number of carboxylic acid groups (broad SMARTS) is 1. The van der Waals surface area contributed by atoms with Gasteiger partial charge in [0.2, 0.25) is 0 Å². The number of anilines is 1. The number of amides is 2. The van der Waals surface area contributed by atoms with Crippen molar-refractivity contribution in [1.29, 1.82) is 0 Å². The van der Waals surface area contributed by atoms with E-state index < -0.39 is 47.0 Å². The van der Waals surface area contributed by atoms with Crippen LogP contribution in [0, 0.1) is 25.5 Å². The first-order valence-electron chi connectivity index (χ1n) is 16.3. The van der Waals surface area contributed by atoms with E-state index in [1.54, 1.807) is 32.9 Å². The van der Waals surface area contributed by atoms with E-state index in [1.807, 2.05) is 38.1 Å². The zero-order valence-corrected chi connectivity index (χ0v) is 29.2. The van der Waals surface area contributed by atoms with E-state index in [4.69, 9.17) is 10.5 Å². The molecule has 2 amide bonds. The number of halogens is 2. The van der Waals surface area contributed by atoms with Gasteiger partial charge in [0.15, 0.2) is 17.3 Å². The van der Waals surface area contributed by atoms with E-state index >= 15 is 0 Å². The van der Waals surface area contributed by atoms with E-state index in [2.05, 4.69) is 20.7 Å². The molecule has 3 aromatic carbocycles. The lowest BCUT2D eigenvalue weighted by atomic mass is 9.97. The number of nitrogen functional groups attached to an aromatic ring is 1. The summed E-state index contributed by atoms with van der Waals surface area (Å²) in [6.45, 7) is 9.05. The highest BCUT2D eigenvalue weighted by molar-refractivity contribution is 6.01. The third-order valence-electron chi connectivity index (χ3n) is 8.30. The molecule has 6 rings (SSSR count). The van der Waals surface area contributed by atoms with Crippen LogP contribution in [-0.4, -0.2) is 49.1 Å². The van der Waals surface area contributed by atoms with Crippen LogP contribution in [0.2, 0.25) is 0 Å². The number of benzene rings is 3. The SMILES string of the molecule is Cc1c(C(=O)OC(C)(C)C)ccc2c1CC[C@@H]2NC(=O)c1cc(C(=O)NCc2ccc(F)c(F)c2)nc2c(C(=O)O)cnn12.Cc1ccc(N)cc1. The maximum Gasteiger partial charge on any atom is 0.341 e. The van der Waals surface area contributed by atoms with Crippen molar-refractivity contribution in [2.75, 3.05) is 5.73 Å². The van der Waals surface area contributed by atoms with Crippen LogP contribution in [0.25, 0.3) is 5.65 Å². The summed E-state index contributed by atoms with van der Waals surface area (Å²) in [4.78, 5) is 55.3. The van der Waals surface area contributed by atoms with Gasteiger partial charge in [0.25, 0.3) is 11.8 Å². The molecule has 0 radical (unpaired) electrons. The molecule has 1 aliphatic carbocycles. The maximum absolute atomic E-state index is 13.6. The van der Waals surface area contributed by atoms with Gasteiger partial charge in [0, 0.05) is 18.3 Å². The van der Waals surface area contributed by atoms with Gasteiger partial charge in [-0.15, -0.1) is 0 Å². The average Bonchev–Trinajstić information content (AvgIpc) is 3.70. The molecule has 0 saturated carbocycles. The second-order valence-electron chi connectivity index (χ2n) is 13.3. The zero-order valence-electron chi connectivity index (χ0n) is 29.2. The predicted molar refractivity (Wildman–Crippen MR) is 188 cm³/mol. The molecule has 270 valence electrons. The molecule has 12 nitrogen and oxygen atoms in total. The van der Waals surface area contributed by atoms with Gasteiger partial charge in [-0.25, -0.2) is 27.9 Å². The van der Waals surface area contributed by atoms with Crippen molar-refractivity contribution in [3.05, 3.63) is 129 Å². The second kappa shape index (κ2) is 15.0. The number of hydrogen-bond acceptors (Lipinski definition) is 8. The van der Waals surface area contributed by atoms with Crippen LogP contribution in [0.15, 0.2) is 66.9 Å². The quantitative estimate of drug-likeness (QED) is 0.118. The molecule has 5 aromatic rings. The summed E-state index contributed by atoms with van der Waals surface area (Å²) in [7, 11) is 0. The van der Waals surface area contributed by atoms with Crippen molar-refractivity contribution in [3.8, 4) is 0 Å². The summed E-state index contributed by atoms with van der Waals surface area (Å²) < 4.78 is 33.4. The maximum atomic E-state index is 13.6. The van der Waals surface area contributed by atoms with Crippen LogP contribution in [0.5, 0.6) is 0 Å². The molecule has 2 aromatic heterocycles. The van der Waals surface area contributed by atoms with Gasteiger partial charge in [-0.1, -0.05) is 29.8 Å². The molecule has 0 saturated heterocycles. The number of rotatable bonds is 7. The molecule has 1 aliphatic rings. The Morgan fingerprint density at radius 3 is 2.31 bits per heavy atom. The number of carbonyl (C=O) groups is 4. The second-order valence-corrected chi connectivity index (χ2v) is 13.3. The Labute approximate surface area is 298 Å². The van der Waals surface area contributed by atoms with Crippen LogP contribution < -0.4 is 16.4 Å². The summed E-state index contributed by atoms with van der Waals surface area (Å²) in [6, 6.07) is 15.1. The zero-order chi connectivity index (χ0) is 37.9. The highest BCUT2D eigenvalue weighted by Gasteiger charge is 2.30. The fourth-order valence-corrected chi connectivity index (χ4v) is 5.70. The first-order chi connectivity index (χ1) is 24.5. The number of aromatic carboxylic acids is 1. The Bertz CT molecular complexity index is 2170. The molecule has 0 aliphatic heterocycles. The van der Waals surface area contributed by atoms with Gasteiger partial charge in [0.1, 0.15) is 22.6 Å². The van der Waals surface area contributed by atoms with Crippen LogP contribution in [-0.2, 0) is 17.7 Å². The molecule has 5 N–H and O–H groups in total. The normalized spacial score (nSPS) is 13.5. The van der Waals surface area contributed by atoms with Crippen molar-refractivity contribution < 1.29 is 37.8 Å². The minimum absolute atomic E-state index is 0.143. The lowest BCUT2D eigenvalue weighted by molar-refractivity contribution is 0.00681. The molecule has 0 spiro atoms.